The maximum absolute atomic E-state index is 12.8. The van der Waals surface area contributed by atoms with Gasteiger partial charge in [-0.2, -0.15) is 8.42 Å². The van der Waals surface area contributed by atoms with E-state index in [2.05, 4.69) is 67.8 Å². The standard InChI is InChI=1S/C19H17I3O5S/c20-13-9-15(21)18(16(22)10-13)27-19(23)12-6-7-17(28(24,25)26)14(8-12)11-4-2-1-3-5-11/h6-11H,1-5H2,(H,24,25,26). The van der Waals surface area contributed by atoms with Gasteiger partial charge in [0.2, 0.25) is 0 Å². The molecule has 0 bridgehead atoms. The summed E-state index contributed by atoms with van der Waals surface area (Å²) in [6, 6.07) is 8.10. The average molecular weight is 738 g/mol. The van der Waals surface area contributed by atoms with Crippen molar-refractivity contribution < 1.29 is 22.5 Å². The molecule has 5 nitrogen and oxygen atoms in total. The minimum Gasteiger partial charge on any atom is -0.421 e. The molecule has 0 spiro atoms. The zero-order valence-electron chi connectivity index (χ0n) is 14.6. The van der Waals surface area contributed by atoms with Gasteiger partial charge in [0.25, 0.3) is 10.1 Å². The molecule has 0 amide bonds. The Balaban J connectivity index is 1.97. The Morgan fingerprint density at radius 3 is 2.18 bits per heavy atom. The third kappa shape index (κ3) is 5.38. The summed E-state index contributed by atoms with van der Waals surface area (Å²) in [6.45, 7) is 0. The molecule has 0 atom stereocenters. The molecule has 0 aliphatic heterocycles. The van der Waals surface area contributed by atoms with Gasteiger partial charge in [0, 0.05) is 3.57 Å². The van der Waals surface area contributed by atoms with Crippen molar-refractivity contribution in [2.75, 3.05) is 0 Å². The number of benzene rings is 2. The number of halogens is 3. The van der Waals surface area contributed by atoms with Gasteiger partial charge in [-0.3, -0.25) is 4.55 Å². The average Bonchev–Trinajstić information content (AvgIpc) is 2.64. The zero-order valence-corrected chi connectivity index (χ0v) is 21.9. The van der Waals surface area contributed by atoms with Gasteiger partial charge in [-0.05, 0) is 122 Å². The van der Waals surface area contributed by atoms with Crippen molar-refractivity contribution in [1.82, 2.24) is 0 Å². The minimum atomic E-state index is -4.36. The summed E-state index contributed by atoms with van der Waals surface area (Å²) in [5.41, 5.74) is 0.779. The Morgan fingerprint density at radius 2 is 1.61 bits per heavy atom. The number of rotatable bonds is 4. The second kappa shape index (κ2) is 9.43. The number of ether oxygens (including phenoxy) is 1. The first-order chi connectivity index (χ1) is 13.2. The van der Waals surface area contributed by atoms with E-state index in [-0.39, 0.29) is 16.4 Å². The van der Waals surface area contributed by atoms with Gasteiger partial charge in [-0.25, -0.2) is 4.79 Å². The van der Waals surface area contributed by atoms with Crippen LogP contribution in [0.2, 0.25) is 0 Å². The highest BCUT2D eigenvalue weighted by atomic mass is 127. The number of carbonyl (C=O) groups is 1. The van der Waals surface area contributed by atoms with Gasteiger partial charge in [0.15, 0.2) is 5.75 Å². The fourth-order valence-electron chi connectivity index (χ4n) is 3.42. The van der Waals surface area contributed by atoms with Crippen LogP contribution in [-0.2, 0) is 10.1 Å². The number of hydrogen-bond acceptors (Lipinski definition) is 4. The molecular weight excluding hydrogens is 721 g/mol. The second-order valence-electron chi connectivity index (χ2n) is 6.65. The molecule has 0 heterocycles. The molecule has 150 valence electrons. The van der Waals surface area contributed by atoms with Crippen LogP contribution in [0.4, 0.5) is 0 Å². The van der Waals surface area contributed by atoms with Crippen LogP contribution in [0.5, 0.6) is 5.75 Å². The third-order valence-electron chi connectivity index (χ3n) is 4.73. The van der Waals surface area contributed by atoms with E-state index in [1.54, 1.807) is 6.07 Å². The number of carbonyl (C=O) groups excluding carboxylic acids is 1. The second-order valence-corrected chi connectivity index (χ2v) is 11.6. The van der Waals surface area contributed by atoms with E-state index in [1.165, 1.54) is 12.1 Å². The van der Waals surface area contributed by atoms with Crippen LogP contribution < -0.4 is 4.74 Å². The lowest BCUT2D eigenvalue weighted by Crippen LogP contribution is -2.15. The molecule has 2 aromatic carbocycles. The van der Waals surface area contributed by atoms with Crippen molar-refractivity contribution >= 4 is 83.9 Å². The van der Waals surface area contributed by atoms with Crippen LogP contribution in [0, 0.1) is 10.7 Å². The molecule has 0 unspecified atom stereocenters. The lowest BCUT2D eigenvalue weighted by Gasteiger charge is -2.24. The highest BCUT2D eigenvalue weighted by Crippen LogP contribution is 2.37. The molecule has 0 aromatic heterocycles. The monoisotopic (exact) mass is 738 g/mol. The Hall–Kier alpha value is 0.01000. The van der Waals surface area contributed by atoms with Crippen LogP contribution in [0.3, 0.4) is 0 Å². The van der Waals surface area contributed by atoms with E-state index in [1.807, 2.05) is 12.1 Å². The minimum absolute atomic E-state index is 0.0111. The summed E-state index contributed by atoms with van der Waals surface area (Å²) in [7, 11) is -4.36. The number of esters is 1. The van der Waals surface area contributed by atoms with Crippen molar-refractivity contribution in [1.29, 1.82) is 0 Å². The largest absolute Gasteiger partial charge is 0.421 e. The molecule has 9 heteroatoms. The van der Waals surface area contributed by atoms with E-state index in [9.17, 15) is 17.8 Å². The predicted octanol–water partition coefficient (Wildman–Crippen LogP) is 6.01. The first kappa shape index (κ1) is 22.7. The normalized spacial score (nSPS) is 15.4. The summed E-state index contributed by atoms with van der Waals surface area (Å²) in [5.74, 6) is -0.0438. The molecule has 1 aliphatic carbocycles. The summed E-state index contributed by atoms with van der Waals surface area (Å²) in [5, 5.41) is 0. The maximum atomic E-state index is 12.8. The van der Waals surface area contributed by atoms with Crippen LogP contribution in [0.1, 0.15) is 53.9 Å². The Bertz CT molecular complexity index is 991. The molecule has 0 radical (unpaired) electrons. The van der Waals surface area contributed by atoms with Gasteiger partial charge in [-0.1, -0.05) is 19.3 Å². The topological polar surface area (TPSA) is 80.7 Å². The highest BCUT2D eigenvalue weighted by molar-refractivity contribution is 14.1. The van der Waals surface area contributed by atoms with E-state index in [0.29, 0.717) is 11.3 Å². The first-order valence-corrected chi connectivity index (χ1v) is 13.3. The lowest BCUT2D eigenvalue weighted by atomic mass is 9.83. The maximum Gasteiger partial charge on any atom is 0.343 e. The van der Waals surface area contributed by atoms with E-state index < -0.39 is 16.1 Å². The van der Waals surface area contributed by atoms with E-state index in [4.69, 9.17) is 4.74 Å². The van der Waals surface area contributed by atoms with E-state index in [0.717, 1.165) is 42.8 Å². The summed E-state index contributed by atoms with van der Waals surface area (Å²) in [4.78, 5) is 12.6. The fraction of sp³-hybridized carbons (Fsp3) is 0.316. The predicted molar refractivity (Wildman–Crippen MR) is 132 cm³/mol. The SMILES string of the molecule is O=C(Oc1c(I)cc(I)cc1I)c1ccc(S(=O)(=O)O)c(C2CCCCC2)c1. The van der Waals surface area contributed by atoms with Crippen LogP contribution >= 0.6 is 67.8 Å². The molecule has 28 heavy (non-hydrogen) atoms. The summed E-state index contributed by atoms with van der Waals surface area (Å²) < 4.78 is 41.6. The van der Waals surface area contributed by atoms with Gasteiger partial charge in [0.05, 0.1) is 17.6 Å². The van der Waals surface area contributed by atoms with Gasteiger partial charge < -0.3 is 4.74 Å². The zero-order chi connectivity index (χ0) is 20.5. The molecule has 1 N–H and O–H groups in total. The Labute approximate surface area is 205 Å². The summed E-state index contributed by atoms with van der Waals surface area (Å²) in [6.07, 6.45) is 4.80. The molecule has 1 aliphatic rings. The van der Waals surface area contributed by atoms with E-state index >= 15 is 0 Å². The van der Waals surface area contributed by atoms with Crippen LogP contribution in [0.15, 0.2) is 35.2 Å². The fourth-order valence-corrected chi connectivity index (χ4v) is 7.99. The highest BCUT2D eigenvalue weighted by Gasteiger charge is 2.26. The van der Waals surface area contributed by atoms with Gasteiger partial charge in [0.1, 0.15) is 0 Å². The molecule has 1 fully saturated rings. The third-order valence-corrected chi connectivity index (χ3v) is 7.88. The van der Waals surface area contributed by atoms with Crippen molar-refractivity contribution in [3.05, 3.63) is 52.2 Å². The van der Waals surface area contributed by atoms with Crippen LogP contribution in [-0.4, -0.2) is 18.9 Å². The molecule has 0 saturated heterocycles. The van der Waals surface area contributed by atoms with Crippen molar-refractivity contribution in [3.63, 3.8) is 0 Å². The Kier molecular flexibility index (Phi) is 7.64. The molecule has 3 rings (SSSR count). The smallest absolute Gasteiger partial charge is 0.343 e. The van der Waals surface area contributed by atoms with Crippen molar-refractivity contribution in [3.8, 4) is 5.75 Å². The van der Waals surface area contributed by atoms with Crippen LogP contribution in [0.25, 0.3) is 0 Å². The van der Waals surface area contributed by atoms with Gasteiger partial charge in [-0.15, -0.1) is 0 Å². The quantitative estimate of drug-likeness (QED) is 0.180. The molecule has 1 saturated carbocycles. The Morgan fingerprint density at radius 1 is 1.00 bits per heavy atom. The summed E-state index contributed by atoms with van der Waals surface area (Å²) >= 11 is 6.45. The lowest BCUT2D eigenvalue weighted by molar-refractivity contribution is 0.0731. The molecule has 2 aromatic rings. The first-order valence-electron chi connectivity index (χ1n) is 8.65. The van der Waals surface area contributed by atoms with Crippen molar-refractivity contribution in [2.45, 2.75) is 42.9 Å². The van der Waals surface area contributed by atoms with Gasteiger partial charge >= 0.3 is 5.97 Å². The molecular formula is C19H17I3O5S. The number of hydrogen-bond donors (Lipinski definition) is 1. The van der Waals surface area contributed by atoms with Crippen molar-refractivity contribution in [2.24, 2.45) is 0 Å².